The highest BCUT2D eigenvalue weighted by atomic mass is 16.5. The molecule has 0 saturated carbocycles. The van der Waals surface area contributed by atoms with Crippen molar-refractivity contribution in [1.82, 2.24) is 15.5 Å². The Morgan fingerprint density at radius 2 is 2.44 bits per heavy atom. The summed E-state index contributed by atoms with van der Waals surface area (Å²) >= 11 is 0. The van der Waals surface area contributed by atoms with Crippen LogP contribution in [-0.2, 0) is 9.47 Å². The van der Waals surface area contributed by atoms with Gasteiger partial charge in [0.25, 0.3) is 0 Å². The van der Waals surface area contributed by atoms with Gasteiger partial charge in [-0.05, 0) is 13.3 Å². The molecule has 2 rings (SSSR count). The minimum Gasteiger partial charge on any atom is -0.453 e. The van der Waals surface area contributed by atoms with Gasteiger partial charge in [-0.25, -0.2) is 4.79 Å². The largest absolute Gasteiger partial charge is 0.453 e. The third kappa shape index (κ3) is 3.34. The molecule has 104 valence electrons. The summed E-state index contributed by atoms with van der Waals surface area (Å²) < 4.78 is 10.4. The van der Waals surface area contributed by atoms with Crippen LogP contribution in [0.1, 0.15) is 13.3 Å². The fourth-order valence-corrected chi connectivity index (χ4v) is 2.63. The van der Waals surface area contributed by atoms with Gasteiger partial charge in [0.05, 0.1) is 19.8 Å². The van der Waals surface area contributed by atoms with E-state index in [1.54, 1.807) is 0 Å². The summed E-state index contributed by atoms with van der Waals surface area (Å²) in [4.78, 5) is 13.5. The Labute approximate surface area is 108 Å². The Morgan fingerprint density at radius 1 is 1.61 bits per heavy atom. The minimum absolute atomic E-state index is 0.191. The van der Waals surface area contributed by atoms with Crippen LogP contribution < -0.4 is 10.6 Å². The molecule has 0 aliphatic carbocycles. The van der Waals surface area contributed by atoms with E-state index < -0.39 is 0 Å². The lowest BCUT2D eigenvalue weighted by Crippen LogP contribution is -2.51. The maximum atomic E-state index is 11.2. The number of morpholine rings is 1. The van der Waals surface area contributed by atoms with Gasteiger partial charge in [-0.1, -0.05) is 0 Å². The molecule has 2 aliphatic rings. The molecule has 0 radical (unpaired) electrons. The second-order valence-corrected chi connectivity index (χ2v) is 4.97. The first kappa shape index (κ1) is 13.6. The number of alkyl carbamates (subject to hydrolysis) is 1. The van der Waals surface area contributed by atoms with Crippen LogP contribution in [0.3, 0.4) is 0 Å². The van der Waals surface area contributed by atoms with E-state index in [9.17, 15) is 4.79 Å². The Bertz CT molecular complexity index is 282. The molecular formula is C12H23N3O3. The third-order valence-electron chi connectivity index (χ3n) is 3.80. The van der Waals surface area contributed by atoms with E-state index in [0.717, 1.165) is 39.2 Å². The lowest BCUT2D eigenvalue weighted by atomic mass is 10.1. The first-order chi connectivity index (χ1) is 8.70. The molecule has 2 fully saturated rings. The monoisotopic (exact) mass is 257 g/mol. The number of amides is 1. The number of rotatable bonds is 3. The zero-order valence-corrected chi connectivity index (χ0v) is 11.1. The van der Waals surface area contributed by atoms with Crippen molar-refractivity contribution >= 4 is 6.09 Å². The first-order valence-corrected chi connectivity index (χ1v) is 6.61. The average Bonchev–Trinajstić information content (AvgIpc) is 2.87. The van der Waals surface area contributed by atoms with Crippen molar-refractivity contribution in [2.75, 3.05) is 39.9 Å². The van der Waals surface area contributed by atoms with Crippen LogP contribution >= 0.6 is 0 Å². The Balaban J connectivity index is 1.78. The van der Waals surface area contributed by atoms with E-state index in [-0.39, 0.29) is 18.2 Å². The van der Waals surface area contributed by atoms with Gasteiger partial charge >= 0.3 is 6.09 Å². The van der Waals surface area contributed by atoms with Gasteiger partial charge in [-0.2, -0.15) is 0 Å². The molecule has 2 aliphatic heterocycles. The number of hydrogen-bond acceptors (Lipinski definition) is 5. The molecule has 6 nitrogen and oxygen atoms in total. The summed E-state index contributed by atoms with van der Waals surface area (Å²) in [6.45, 7) is 6.69. The van der Waals surface area contributed by atoms with Crippen LogP contribution in [0.5, 0.6) is 0 Å². The molecule has 3 atom stereocenters. The normalized spacial score (nSPS) is 31.0. The van der Waals surface area contributed by atoms with Crippen LogP contribution in [0.2, 0.25) is 0 Å². The topological polar surface area (TPSA) is 62.8 Å². The number of likely N-dealkylation sites (tertiary alicyclic amines) is 1. The quantitative estimate of drug-likeness (QED) is 0.733. The van der Waals surface area contributed by atoms with E-state index in [0.29, 0.717) is 6.04 Å². The molecule has 2 heterocycles. The highest BCUT2D eigenvalue weighted by molar-refractivity contribution is 5.67. The van der Waals surface area contributed by atoms with Crippen molar-refractivity contribution in [2.24, 2.45) is 0 Å². The molecule has 0 spiro atoms. The van der Waals surface area contributed by atoms with Gasteiger partial charge < -0.3 is 20.1 Å². The fraction of sp³-hybridized carbons (Fsp3) is 0.917. The molecule has 18 heavy (non-hydrogen) atoms. The number of nitrogens with zero attached hydrogens (tertiary/aromatic N) is 1. The molecule has 6 heteroatoms. The molecule has 0 aromatic rings. The van der Waals surface area contributed by atoms with E-state index in [4.69, 9.17) is 4.74 Å². The summed E-state index contributed by atoms with van der Waals surface area (Å²) in [5, 5.41) is 6.21. The van der Waals surface area contributed by atoms with Crippen LogP contribution in [-0.4, -0.2) is 69.1 Å². The van der Waals surface area contributed by atoms with Crippen molar-refractivity contribution in [1.29, 1.82) is 0 Å². The smallest absolute Gasteiger partial charge is 0.407 e. The van der Waals surface area contributed by atoms with Gasteiger partial charge in [0.1, 0.15) is 0 Å². The van der Waals surface area contributed by atoms with E-state index in [2.05, 4.69) is 27.2 Å². The van der Waals surface area contributed by atoms with Crippen molar-refractivity contribution in [3.63, 3.8) is 0 Å². The van der Waals surface area contributed by atoms with Crippen LogP contribution in [0, 0.1) is 0 Å². The minimum atomic E-state index is -0.343. The zero-order valence-electron chi connectivity index (χ0n) is 11.1. The summed E-state index contributed by atoms with van der Waals surface area (Å²) in [7, 11) is 1.40. The number of hydrogen-bond donors (Lipinski definition) is 2. The molecule has 2 N–H and O–H groups in total. The molecule has 0 aromatic heterocycles. The predicted octanol–water partition coefficient (Wildman–Crippen LogP) is -0.206. The van der Waals surface area contributed by atoms with Gasteiger partial charge in [0.2, 0.25) is 0 Å². The summed E-state index contributed by atoms with van der Waals surface area (Å²) in [5.41, 5.74) is 0. The van der Waals surface area contributed by atoms with Gasteiger partial charge in [-0.15, -0.1) is 0 Å². The average molecular weight is 257 g/mol. The molecule has 2 saturated heterocycles. The number of ether oxygens (including phenoxy) is 2. The highest BCUT2D eigenvalue weighted by Gasteiger charge is 2.32. The molecule has 1 amide bonds. The fourth-order valence-electron chi connectivity index (χ4n) is 2.63. The van der Waals surface area contributed by atoms with E-state index in [1.165, 1.54) is 7.11 Å². The summed E-state index contributed by atoms with van der Waals surface area (Å²) in [5.74, 6) is 0. The standard InChI is InChI=1S/C12H23N3O3/c1-9(11-7-13-4-6-18-11)15-5-3-10(8-15)14-12(16)17-2/h9-11,13H,3-8H2,1-2H3,(H,14,16). The maximum absolute atomic E-state index is 11.2. The van der Waals surface area contributed by atoms with Crippen molar-refractivity contribution in [3.05, 3.63) is 0 Å². The second-order valence-electron chi connectivity index (χ2n) is 4.97. The molecule has 0 bridgehead atoms. The Kier molecular flexibility index (Phi) is 4.79. The zero-order chi connectivity index (χ0) is 13.0. The molecule has 0 aromatic carbocycles. The van der Waals surface area contributed by atoms with Crippen molar-refractivity contribution in [2.45, 2.75) is 31.5 Å². The van der Waals surface area contributed by atoms with E-state index in [1.807, 2.05) is 0 Å². The Hall–Kier alpha value is -0.850. The summed E-state index contributed by atoms with van der Waals surface area (Å²) in [6, 6.07) is 0.568. The van der Waals surface area contributed by atoms with E-state index >= 15 is 0 Å². The maximum Gasteiger partial charge on any atom is 0.407 e. The lowest BCUT2D eigenvalue weighted by Gasteiger charge is -2.34. The van der Waals surface area contributed by atoms with Gasteiger partial charge in [0.15, 0.2) is 0 Å². The van der Waals surface area contributed by atoms with Crippen LogP contribution in [0.4, 0.5) is 4.79 Å². The third-order valence-corrected chi connectivity index (χ3v) is 3.80. The lowest BCUT2D eigenvalue weighted by molar-refractivity contribution is -0.0210. The Morgan fingerprint density at radius 3 is 3.11 bits per heavy atom. The van der Waals surface area contributed by atoms with Crippen molar-refractivity contribution < 1.29 is 14.3 Å². The van der Waals surface area contributed by atoms with Gasteiger partial charge in [0, 0.05) is 38.3 Å². The number of carbonyl (C=O) groups is 1. The number of carbonyl (C=O) groups excluding carboxylic acids is 1. The predicted molar refractivity (Wildman–Crippen MR) is 67.6 cm³/mol. The number of nitrogens with one attached hydrogen (secondary N) is 2. The van der Waals surface area contributed by atoms with Crippen LogP contribution in [0.15, 0.2) is 0 Å². The molecular weight excluding hydrogens is 234 g/mol. The summed E-state index contributed by atoms with van der Waals surface area (Å²) in [6.07, 6.45) is 0.875. The van der Waals surface area contributed by atoms with Crippen LogP contribution in [0.25, 0.3) is 0 Å². The SMILES string of the molecule is COC(=O)NC1CCN(C(C)C2CNCCO2)C1. The second kappa shape index (κ2) is 6.36. The van der Waals surface area contributed by atoms with Gasteiger partial charge in [-0.3, -0.25) is 4.90 Å². The van der Waals surface area contributed by atoms with Crippen molar-refractivity contribution in [3.8, 4) is 0 Å². The first-order valence-electron chi connectivity index (χ1n) is 6.61. The highest BCUT2D eigenvalue weighted by Crippen LogP contribution is 2.17. The number of methoxy groups -OCH3 is 1. The molecule has 3 unspecified atom stereocenters.